The first kappa shape index (κ1) is 18.1. The Kier molecular flexibility index (Phi) is 4.53. The topological polar surface area (TPSA) is 26.3 Å². The highest BCUT2D eigenvalue weighted by Gasteiger charge is 2.72. The zero-order chi connectivity index (χ0) is 17.2. The van der Waals surface area contributed by atoms with Gasteiger partial charge in [-0.3, -0.25) is 0 Å². The van der Waals surface area contributed by atoms with Gasteiger partial charge in [0.2, 0.25) is 0 Å². The summed E-state index contributed by atoms with van der Waals surface area (Å²) >= 11 is 8.69. The minimum atomic E-state index is -0.233. The summed E-state index contributed by atoms with van der Waals surface area (Å²) in [7, 11) is 0. The first-order valence-corrected chi connectivity index (χ1v) is 13.7. The predicted molar refractivity (Wildman–Crippen MR) is 113 cm³/mol. The van der Waals surface area contributed by atoms with Crippen LogP contribution in [0.5, 0.6) is 0 Å². The molecule has 5 aliphatic rings. The fourth-order valence-corrected chi connectivity index (χ4v) is 13.0. The third-order valence-electron chi connectivity index (χ3n) is 7.44. The standard InChI is InChI=1S/C19H28O2S4/c1-16-4-7-19(24-10-3-11-25-19)15(21-16)14-12-18(22-8-2-9-23-18)6-5-17(14,16)13-20/h13-15H,2-12H2,1H3/t14-,15-,16-,17+/m0/s1. The monoisotopic (exact) mass is 416 g/mol. The summed E-state index contributed by atoms with van der Waals surface area (Å²) in [6.07, 6.45) is 9.98. The highest BCUT2D eigenvalue weighted by molar-refractivity contribution is 8.19. The van der Waals surface area contributed by atoms with Gasteiger partial charge in [-0.15, -0.1) is 47.0 Å². The molecule has 0 amide bonds. The Morgan fingerprint density at radius 2 is 1.60 bits per heavy atom. The lowest BCUT2D eigenvalue weighted by Gasteiger charge is -2.50. The summed E-state index contributed by atoms with van der Waals surface area (Å²) in [6, 6.07) is 0. The highest BCUT2D eigenvalue weighted by Crippen LogP contribution is 2.71. The molecule has 4 atom stereocenters. The SMILES string of the molecule is C[C@@]12CCC3(SCCCS3)[C@@H](O1)[C@@H]1CC3(CC[C@@]12C=O)SCCCS3. The lowest BCUT2D eigenvalue weighted by molar-refractivity contribution is -0.137. The molecule has 6 heteroatoms. The van der Waals surface area contributed by atoms with Crippen LogP contribution in [0.3, 0.4) is 0 Å². The van der Waals surface area contributed by atoms with Gasteiger partial charge in [-0.05, 0) is 74.9 Å². The maximum absolute atomic E-state index is 12.5. The first-order valence-electron chi connectivity index (χ1n) is 9.77. The van der Waals surface area contributed by atoms with E-state index < -0.39 is 0 Å². The summed E-state index contributed by atoms with van der Waals surface area (Å²) in [5.74, 6) is 5.54. The maximum Gasteiger partial charge on any atom is 0.129 e. The second-order valence-electron chi connectivity index (χ2n) is 8.56. The smallest absolute Gasteiger partial charge is 0.129 e. The maximum atomic E-state index is 12.5. The molecule has 1 saturated carbocycles. The third kappa shape index (κ3) is 2.49. The zero-order valence-corrected chi connectivity index (χ0v) is 18.2. The van der Waals surface area contributed by atoms with Gasteiger partial charge in [0.1, 0.15) is 6.29 Å². The lowest BCUT2D eigenvalue weighted by atomic mass is 9.59. The number of hydrogen-bond donors (Lipinski definition) is 0. The number of hydrogen-bond acceptors (Lipinski definition) is 6. The molecule has 4 aliphatic heterocycles. The summed E-state index contributed by atoms with van der Waals surface area (Å²) < 4.78 is 7.44. The van der Waals surface area contributed by atoms with Gasteiger partial charge in [-0.1, -0.05) is 0 Å². The van der Waals surface area contributed by atoms with Crippen molar-refractivity contribution < 1.29 is 9.53 Å². The number of carbonyl (C=O) groups excluding carboxylic acids is 1. The van der Waals surface area contributed by atoms with Crippen LogP contribution < -0.4 is 0 Å². The van der Waals surface area contributed by atoms with Gasteiger partial charge in [-0.2, -0.15) is 0 Å². The fraction of sp³-hybridized carbons (Fsp3) is 0.947. The number of thioether (sulfide) groups is 4. The molecule has 1 aliphatic carbocycles. The Morgan fingerprint density at radius 1 is 0.920 bits per heavy atom. The van der Waals surface area contributed by atoms with E-state index >= 15 is 0 Å². The molecule has 0 unspecified atom stereocenters. The van der Waals surface area contributed by atoms with Gasteiger partial charge in [0, 0.05) is 5.92 Å². The van der Waals surface area contributed by atoms with Crippen molar-refractivity contribution in [1.82, 2.24) is 0 Å². The number of ether oxygens (including phenoxy) is 1. The molecule has 0 N–H and O–H groups in total. The lowest BCUT2D eigenvalue weighted by Crippen LogP contribution is -2.52. The molecule has 5 rings (SSSR count). The van der Waals surface area contributed by atoms with Crippen LogP contribution in [0.15, 0.2) is 0 Å². The van der Waals surface area contributed by atoms with E-state index in [4.69, 9.17) is 4.74 Å². The molecule has 0 aromatic carbocycles. The molecule has 25 heavy (non-hydrogen) atoms. The van der Waals surface area contributed by atoms with E-state index in [-0.39, 0.29) is 21.2 Å². The van der Waals surface area contributed by atoms with Gasteiger partial charge in [0.25, 0.3) is 0 Å². The summed E-state index contributed by atoms with van der Waals surface area (Å²) in [4.78, 5) is 12.5. The van der Waals surface area contributed by atoms with Crippen molar-refractivity contribution in [2.24, 2.45) is 11.3 Å². The quantitative estimate of drug-likeness (QED) is 0.555. The molecule has 2 bridgehead atoms. The van der Waals surface area contributed by atoms with E-state index in [0.717, 1.165) is 12.8 Å². The average Bonchev–Trinajstić information content (AvgIpc) is 2.87. The molecular formula is C19H28O2S4. The second kappa shape index (κ2) is 6.27. The number of aldehydes is 1. The normalized spacial score (nSPS) is 47.6. The molecule has 2 spiro atoms. The zero-order valence-electron chi connectivity index (χ0n) is 15.0. The van der Waals surface area contributed by atoms with E-state index in [1.807, 2.05) is 0 Å². The minimum absolute atomic E-state index is 0.218. The molecule has 2 nitrogen and oxygen atoms in total. The molecule has 0 radical (unpaired) electrons. The molecule has 0 aromatic rings. The number of fused-ring (bicyclic) bond motifs is 6. The van der Waals surface area contributed by atoms with Gasteiger partial charge in [0.15, 0.2) is 0 Å². The van der Waals surface area contributed by atoms with Crippen molar-refractivity contribution in [2.45, 2.75) is 71.7 Å². The van der Waals surface area contributed by atoms with E-state index in [9.17, 15) is 4.79 Å². The summed E-state index contributed by atoms with van der Waals surface area (Å²) in [5, 5.41) is 0. The van der Waals surface area contributed by atoms with Gasteiger partial charge < -0.3 is 9.53 Å². The van der Waals surface area contributed by atoms with Crippen molar-refractivity contribution in [3.63, 3.8) is 0 Å². The van der Waals surface area contributed by atoms with Crippen LogP contribution in [0.1, 0.15) is 51.9 Å². The van der Waals surface area contributed by atoms with Crippen molar-refractivity contribution in [2.75, 3.05) is 23.0 Å². The molecule has 140 valence electrons. The van der Waals surface area contributed by atoms with E-state index in [2.05, 4.69) is 54.0 Å². The largest absolute Gasteiger partial charge is 0.368 e. The Bertz CT molecular complexity index is 558. The van der Waals surface area contributed by atoms with E-state index in [1.165, 1.54) is 61.4 Å². The van der Waals surface area contributed by atoms with Crippen LogP contribution in [0.4, 0.5) is 0 Å². The Hall–Kier alpha value is 1.03. The molecule has 4 heterocycles. The second-order valence-corrected chi connectivity index (χ2v) is 14.9. The van der Waals surface area contributed by atoms with Gasteiger partial charge in [0.05, 0.1) is 25.3 Å². The number of carbonyl (C=O) groups is 1. The third-order valence-corrected chi connectivity index (χ3v) is 14.5. The fourth-order valence-electron chi connectivity index (χ4n) is 6.00. The van der Waals surface area contributed by atoms with Crippen molar-refractivity contribution in [1.29, 1.82) is 0 Å². The van der Waals surface area contributed by atoms with Crippen LogP contribution in [0.2, 0.25) is 0 Å². The van der Waals surface area contributed by atoms with Crippen LogP contribution >= 0.6 is 47.0 Å². The Labute approximate surface area is 168 Å². The molecule has 4 saturated heterocycles. The van der Waals surface area contributed by atoms with Crippen LogP contribution in [0.25, 0.3) is 0 Å². The predicted octanol–water partition coefficient (Wildman–Crippen LogP) is 5.06. The van der Waals surface area contributed by atoms with Crippen molar-refractivity contribution in [3.05, 3.63) is 0 Å². The van der Waals surface area contributed by atoms with Gasteiger partial charge >= 0.3 is 0 Å². The Morgan fingerprint density at radius 3 is 2.28 bits per heavy atom. The van der Waals surface area contributed by atoms with E-state index in [0.29, 0.717) is 10.00 Å². The van der Waals surface area contributed by atoms with Gasteiger partial charge in [-0.25, -0.2) is 0 Å². The molecule has 5 fully saturated rings. The highest BCUT2D eigenvalue weighted by atomic mass is 32.2. The summed E-state index contributed by atoms with van der Waals surface area (Å²) in [5.41, 5.74) is -0.455. The van der Waals surface area contributed by atoms with Crippen LogP contribution in [-0.4, -0.2) is 49.2 Å². The Balaban J connectivity index is 1.54. The van der Waals surface area contributed by atoms with Crippen molar-refractivity contribution in [3.8, 4) is 0 Å². The van der Waals surface area contributed by atoms with E-state index in [1.54, 1.807) is 0 Å². The molecular weight excluding hydrogens is 388 g/mol. The van der Waals surface area contributed by atoms with Crippen LogP contribution in [-0.2, 0) is 9.53 Å². The summed E-state index contributed by atoms with van der Waals surface area (Å²) in [6.45, 7) is 2.26. The number of rotatable bonds is 1. The first-order chi connectivity index (χ1) is 12.1. The molecule has 0 aromatic heterocycles. The van der Waals surface area contributed by atoms with Crippen molar-refractivity contribution >= 4 is 53.3 Å². The minimum Gasteiger partial charge on any atom is -0.368 e. The average molecular weight is 417 g/mol. The van der Waals surface area contributed by atoms with Crippen LogP contribution in [0, 0.1) is 11.3 Å².